The van der Waals surface area contributed by atoms with Gasteiger partial charge in [0.25, 0.3) is 11.7 Å². The van der Waals surface area contributed by atoms with Crippen molar-refractivity contribution in [2.24, 2.45) is 11.7 Å². The molecule has 1 aliphatic heterocycles. The second-order valence-corrected chi connectivity index (χ2v) is 4.50. The number of nitrogens with zero attached hydrogens (tertiary/aromatic N) is 2. The summed E-state index contributed by atoms with van der Waals surface area (Å²) >= 11 is 0. The van der Waals surface area contributed by atoms with Crippen LogP contribution >= 0.6 is 0 Å². The van der Waals surface area contributed by atoms with Crippen LogP contribution in [0.3, 0.4) is 0 Å². The molecule has 7 heteroatoms. The number of aromatic nitrogens is 2. The van der Waals surface area contributed by atoms with E-state index in [0.717, 1.165) is 13.0 Å². The molecule has 0 spiro atoms. The molecule has 1 saturated carbocycles. The van der Waals surface area contributed by atoms with Gasteiger partial charge in [0.2, 0.25) is 5.89 Å². The molecule has 92 valence electrons. The molecule has 1 amide bonds. The van der Waals surface area contributed by atoms with E-state index in [1.165, 1.54) is 0 Å². The highest BCUT2D eigenvalue weighted by molar-refractivity contribution is 5.90. The highest BCUT2D eigenvalue weighted by atomic mass is 16.5. The molecule has 2 heterocycles. The van der Waals surface area contributed by atoms with Gasteiger partial charge in [0, 0.05) is 25.5 Å². The maximum Gasteiger partial charge on any atom is 0.293 e. The first-order valence-corrected chi connectivity index (χ1v) is 5.65. The first kappa shape index (κ1) is 10.7. The van der Waals surface area contributed by atoms with E-state index < -0.39 is 0 Å². The monoisotopic (exact) mass is 238 g/mol. The van der Waals surface area contributed by atoms with Crippen LogP contribution in [-0.4, -0.2) is 40.8 Å². The SMILES string of the molecule is Cc1nc(C(=O)NC2C(N)C3CCOC32)no1. The highest BCUT2D eigenvalue weighted by Gasteiger charge is 2.52. The molecular formula is C10H14N4O3. The second-order valence-electron chi connectivity index (χ2n) is 4.50. The zero-order valence-electron chi connectivity index (χ0n) is 9.42. The van der Waals surface area contributed by atoms with Crippen molar-refractivity contribution in [3.8, 4) is 0 Å². The number of carbonyl (C=O) groups is 1. The number of ether oxygens (including phenoxy) is 1. The number of fused-ring (bicyclic) bond motifs is 1. The number of hydrogen-bond donors (Lipinski definition) is 2. The lowest BCUT2D eigenvalue weighted by Gasteiger charge is -2.45. The molecule has 3 rings (SSSR count). The quantitative estimate of drug-likeness (QED) is 0.700. The van der Waals surface area contributed by atoms with E-state index in [-0.39, 0.29) is 29.9 Å². The molecule has 4 unspecified atom stereocenters. The van der Waals surface area contributed by atoms with Gasteiger partial charge < -0.3 is 20.3 Å². The Kier molecular flexibility index (Phi) is 2.37. The van der Waals surface area contributed by atoms with Gasteiger partial charge >= 0.3 is 0 Å². The lowest BCUT2D eigenvalue weighted by molar-refractivity contribution is -0.0162. The number of nitrogens with two attached hydrogens (primary N) is 1. The standard InChI is InChI=1S/C10H14N4O3/c1-4-12-9(14-17-4)10(15)13-7-6(11)5-2-3-16-8(5)7/h5-8H,2-3,11H2,1H3,(H,13,15). The van der Waals surface area contributed by atoms with Gasteiger partial charge in [0.1, 0.15) is 0 Å². The van der Waals surface area contributed by atoms with Crippen LogP contribution in [0.25, 0.3) is 0 Å². The third-order valence-corrected chi connectivity index (χ3v) is 3.47. The third kappa shape index (κ3) is 1.62. The summed E-state index contributed by atoms with van der Waals surface area (Å²) in [5.74, 6) is 0.405. The van der Waals surface area contributed by atoms with E-state index in [0.29, 0.717) is 11.8 Å². The molecule has 1 aromatic rings. The van der Waals surface area contributed by atoms with Crippen LogP contribution in [0.1, 0.15) is 22.9 Å². The van der Waals surface area contributed by atoms with Crippen molar-refractivity contribution in [3.63, 3.8) is 0 Å². The minimum atomic E-state index is -0.365. The Morgan fingerprint density at radius 3 is 3.12 bits per heavy atom. The molecule has 7 nitrogen and oxygen atoms in total. The summed E-state index contributed by atoms with van der Waals surface area (Å²) < 4.78 is 10.3. The largest absolute Gasteiger partial charge is 0.376 e. The average molecular weight is 238 g/mol. The summed E-state index contributed by atoms with van der Waals surface area (Å²) in [6.07, 6.45) is 1.02. The van der Waals surface area contributed by atoms with Crippen LogP contribution in [0.2, 0.25) is 0 Å². The molecule has 4 atom stereocenters. The topological polar surface area (TPSA) is 103 Å². The zero-order valence-corrected chi connectivity index (χ0v) is 9.42. The Labute approximate surface area is 97.7 Å². The molecule has 0 bridgehead atoms. The van der Waals surface area contributed by atoms with E-state index >= 15 is 0 Å². The van der Waals surface area contributed by atoms with Gasteiger partial charge in [-0.2, -0.15) is 4.98 Å². The molecule has 3 N–H and O–H groups in total. The molecule has 1 aromatic heterocycles. The first-order chi connectivity index (χ1) is 8.16. The Hall–Kier alpha value is -1.47. The maximum atomic E-state index is 11.8. The summed E-state index contributed by atoms with van der Waals surface area (Å²) in [4.78, 5) is 15.6. The fourth-order valence-electron chi connectivity index (χ4n) is 2.54. The van der Waals surface area contributed by atoms with Gasteiger partial charge in [-0.1, -0.05) is 5.16 Å². The predicted molar refractivity (Wildman–Crippen MR) is 56.1 cm³/mol. The molecule has 0 radical (unpaired) electrons. The summed E-state index contributed by atoms with van der Waals surface area (Å²) in [5, 5.41) is 6.35. The van der Waals surface area contributed by atoms with Crippen molar-refractivity contribution in [1.82, 2.24) is 15.5 Å². The molecule has 1 aliphatic carbocycles. The zero-order chi connectivity index (χ0) is 12.0. The van der Waals surface area contributed by atoms with E-state index in [1.807, 2.05) is 0 Å². The van der Waals surface area contributed by atoms with Crippen molar-refractivity contribution < 1.29 is 14.1 Å². The van der Waals surface area contributed by atoms with Gasteiger partial charge in [-0.25, -0.2) is 0 Å². The number of nitrogens with one attached hydrogen (secondary N) is 1. The molecule has 17 heavy (non-hydrogen) atoms. The predicted octanol–water partition coefficient (Wildman–Crippen LogP) is -0.778. The Morgan fingerprint density at radius 2 is 2.41 bits per heavy atom. The third-order valence-electron chi connectivity index (χ3n) is 3.47. The summed E-state index contributed by atoms with van der Waals surface area (Å²) in [5.41, 5.74) is 5.98. The van der Waals surface area contributed by atoms with Crippen molar-refractivity contribution in [3.05, 3.63) is 11.7 Å². The van der Waals surface area contributed by atoms with E-state index in [9.17, 15) is 4.79 Å². The van der Waals surface area contributed by atoms with Crippen LogP contribution < -0.4 is 11.1 Å². The minimum absolute atomic E-state index is 0.0381. The molecule has 2 fully saturated rings. The fourth-order valence-corrected chi connectivity index (χ4v) is 2.54. The van der Waals surface area contributed by atoms with Crippen molar-refractivity contribution in [1.29, 1.82) is 0 Å². The van der Waals surface area contributed by atoms with Crippen LogP contribution in [-0.2, 0) is 4.74 Å². The smallest absolute Gasteiger partial charge is 0.293 e. The fraction of sp³-hybridized carbons (Fsp3) is 0.700. The Bertz CT molecular complexity index is 447. The summed E-state index contributed by atoms with van der Waals surface area (Å²) in [7, 11) is 0. The molecule has 0 aromatic carbocycles. The maximum absolute atomic E-state index is 11.8. The minimum Gasteiger partial charge on any atom is -0.376 e. The van der Waals surface area contributed by atoms with Gasteiger partial charge in [-0.3, -0.25) is 4.79 Å². The number of carbonyl (C=O) groups excluding carboxylic acids is 1. The van der Waals surface area contributed by atoms with Crippen LogP contribution in [0.5, 0.6) is 0 Å². The summed E-state index contributed by atoms with van der Waals surface area (Å²) in [6.45, 7) is 2.35. The van der Waals surface area contributed by atoms with E-state index in [1.54, 1.807) is 6.92 Å². The van der Waals surface area contributed by atoms with Crippen LogP contribution in [0.15, 0.2) is 4.52 Å². The first-order valence-electron chi connectivity index (χ1n) is 5.65. The van der Waals surface area contributed by atoms with E-state index in [4.69, 9.17) is 15.0 Å². The van der Waals surface area contributed by atoms with Gasteiger partial charge in [-0.15, -0.1) is 0 Å². The lowest BCUT2D eigenvalue weighted by Crippen LogP contribution is -2.69. The van der Waals surface area contributed by atoms with Gasteiger partial charge in [0.15, 0.2) is 0 Å². The van der Waals surface area contributed by atoms with Crippen LogP contribution in [0, 0.1) is 12.8 Å². The van der Waals surface area contributed by atoms with E-state index in [2.05, 4.69) is 15.5 Å². The number of hydrogen-bond acceptors (Lipinski definition) is 6. The van der Waals surface area contributed by atoms with Crippen molar-refractivity contribution >= 4 is 5.91 Å². The Balaban J connectivity index is 1.66. The number of rotatable bonds is 2. The second kappa shape index (κ2) is 3.78. The number of amides is 1. The molecule has 2 aliphatic rings. The van der Waals surface area contributed by atoms with Gasteiger partial charge in [-0.05, 0) is 6.42 Å². The Morgan fingerprint density at radius 1 is 1.59 bits per heavy atom. The van der Waals surface area contributed by atoms with Crippen molar-refractivity contribution in [2.75, 3.05) is 6.61 Å². The van der Waals surface area contributed by atoms with Crippen molar-refractivity contribution in [2.45, 2.75) is 31.5 Å². The van der Waals surface area contributed by atoms with Gasteiger partial charge in [0.05, 0.1) is 12.1 Å². The summed E-state index contributed by atoms with van der Waals surface area (Å²) in [6, 6.07) is -0.187. The molecule has 1 saturated heterocycles. The highest BCUT2D eigenvalue weighted by Crippen LogP contribution is 2.37. The average Bonchev–Trinajstić information content (AvgIpc) is 2.92. The normalized spacial score (nSPS) is 35.2. The lowest BCUT2D eigenvalue weighted by atomic mass is 9.72. The number of aryl methyl sites for hydroxylation is 1. The van der Waals surface area contributed by atoms with Crippen LogP contribution in [0.4, 0.5) is 0 Å². The molecular weight excluding hydrogens is 224 g/mol.